The molecular formula is C18H19BrFN. The van der Waals surface area contributed by atoms with Gasteiger partial charge >= 0.3 is 0 Å². The Bertz CT molecular complexity index is 666. The molecular weight excluding hydrogens is 329 g/mol. The van der Waals surface area contributed by atoms with Crippen LogP contribution in [-0.2, 0) is 5.41 Å². The summed E-state index contributed by atoms with van der Waals surface area (Å²) in [5, 5.41) is 3.38. The molecule has 3 heteroatoms. The lowest BCUT2D eigenvalue weighted by Gasteiger charge is -2.37. The highest BCUT2D eigenvalue weighted by Gasteiger charge is 2.32. The molecule has 1 N–H and O–H groups in total. The van der Waals surface area contributed by atoms with Gasteiger partial charge in [0.05, 0.1) is 11.7 Å². The first-order valence-corrected chi connectivity index (χ1v) is 8.08. The zero-order chi connectivity index (χ0) is 15.0. The SMILES string of the molecule is CC1(C)CCC(Nc2cc(Br)ccc2F)c2ccccc21. The maximum Gasteiger partial charge on any atom is 0.146 e. The molecule has 2 aromatic rings. The predicted molar refractivity (Wildman–Crippen MR) is 89.2 cm³/mol. The second-order valence-corrected chi connectivity index (χ2v) is 7.25. The summed E-state index contributed by atoms with van der Waals surface area (Å²) in [6.45, 7) is 4.56. The zero-order valence-electron chi connectivity index (χ0n) is 12.3. The first-order valence-electron chi connectivity index (χ1n) is 7.28. The molecule has 1 aliphatic carbocycles. The van der Waals surface area contributed by atoms with Gasteiger partial charge in [0.25, 0.3) is 0 Å². The maximum atomic E-state index is 14.0. The smallest absolute Gasteiger partial charge is 0.146 e. The van der Waals surface area contributed by atoms with Crippen molar-refractivity contribution in [2.24, 2.45) is 0 Å². The molecule has 3 rings (SSSR count). The molecule has 0 saturated carbocycles. The topological polar surface area (TPSA) is 12.0 Å². The number of fused-ring (bicyclic) bond motifs is 1. The highest BCUT2D eigenvalue weighted by molar-refractivity contribution is 9.10. The van der Waals surface area contributed by atoms with E-state index >= 15 is 0 Å². The van der Waals surface area contributed by atoms with Gasteiger partial charge in [0.2, 0.25) is 0 Å². The van der Waals surface area contributed by atoms with Gasteiger partial charge in [-0.15, -0.1) is 0 Å². The third-order valence-electron chi connectivity index (χ3n) is 4.38. The summed E-state index contributed by atoms with van der Waals surface area (Å²) >= 11 is 3.40. The Balaban J connectivity index is 1.96. The normalized spacial score (nSPS) is 19.9. The molecule has 1 nitrogen and oxygen atoms in total. The number of rotatable bonds is 2. The molecule has 0 heterocycles. The van der Waals surface area contributed by atoms with Crippen molar-refractivity contribution >= 4 is 21.6 Å². The van der Waals surface area contributed by atoms with Crippen molar-refractivity contribution in [1.29, 1.82) is 0 Å². The lowest BCUT2D eigenvalue weighted by molar-refractivity contribution is 0.405. The Morgan fingerprint density at radius 2 is 1.95 bits per heavy atom. The first kappa shape index (κ1) is 14.6. The first-order chi connectivity index (χ1) is 9.97. The number of hydrogen-bond acceptors (Lipinski definition) is 1. The fourth-order valence-electron chi connectivity index (χ4n) is 3.16. The van der Waals surface area contributed by atoms with Gasteiger partial charge in [-0.3, -0.25) is 0 Å². The molecule has 0 aliphatic heterocycles. The van der Waals surface area contributed by atoms with Crippen molar-refractivity contribution in [2.45, 2.75) is 38.1 Å². The summed E-state index contributed by atoms with van der Waals surface area (Å²) in [6, 6.07) is 13.7. The van der Waals surface area contributed by atoms with E-state index in [9.17, 15) is 4.39 Å². The van der Waals surface area contributed by atoms with E-state index < -0.39 is 0 Å². The van der Waals surface area contributed by atoms with Gasteiger partial charge in [-0.25, -0.2) is 4.39 Å². The Labute approximate surface area is 133 Å². The number of anilines is 1. The lowest BCUT2D eigenvalue weighted by atomic mass is 9.71. The van der Waals surface area contributed by atoms with Gasteiger partial charge in [-0.2, -0.15) is 0 Å². The monoisotopic (exact) mass is 347 g/mol. The van der Waals surface area contributed by atoms with Gasteiger partial charge < -0.3 is 5.32 Å². The molecule has 0 radical (unpaired) electrons. The molecule has 0 saturated heterocycles. The van der Waals surface area contributed by atoms with Gasteiger partial charge in [0.15, 0.2) is 0 Å². The number of hydrogen-bond donors (Lipinski definition) is 1. The minimum Gasteiger partial charge on any atom is -0.376 e. The third kappa shape index (κ3) is 2.84. The van der Waals surface area contributed by atoms with E-state index in [2.05, 4.69) is 59.4 Å². The Morgan fingerprint density at radius 3 is 2.76 bits per heavy atom. The lowest BCUT2D eigenvalue weighted by Crippen LogP contribution is -2.29. The fraction of sp³-hybridized carbons (Fsp3) is 0.333. The summed E-state index contributed by atoms with van der Waals surface area (Å²) in [5.41, 5.74) is 3.39. The van der Waals surface area contributed by atoms with E-state index in [0.29, 0.717) is 5.69 Å². The van der Waals surface area contributed by atoms with Crippen LogP contribution in [0.15, 0.2) is 46.9 Å². The molecule has 1 unspecified atom stereocenters. The van der Waals surface area contributed by atoms with Crippen molar-refractivity contribution in [3.63, 3.8) is 0 Å². The average Bonchev–Trinajstić information content (AvgIpc) is 2.46. The van der Waals surface area contributed by atoms with Gasteiger partial charge in [0, 0.05) is 4.47 Å². The van der Waals surface area contributed by atoms with Crippen LogP contribution in [0.25, 0.3) is 0 Å². The maximum absolute atomic E-state index is 14.0. The zero-order valence-corrected chi connectivity index (χ0v) is 13.9. The fourth-order valence-corrected chi connectivity index (χ4v) is 3.52. The molecule has 1 aliphatic rings. The second-order valence-electron chi connectivity index (χ2n) is 6.33. The highest BCUT2D eigenvalue weighted by Crippen LogP contribution is 2.42. The third-order valence-corrected chi connectivity index (χ3v) is 4.87. The Morgan fingerprint density at radius 1 is 1.19 bits per heavy atom. The minimum absolute atomic E-state index is 0.165. The van der Waals surface area contributed by atoms with E-state index in [4.69, 9.17) is 0 Å². The van der Waals surface area contributed by atoms with Crippen LogP contribution >= 0.6 is 15.9 Å². The molecule has 1 atom stereocenters. The summed E-state index contributed by atoms with van der Waals surface area (Å²) in [7, 11) is 0. The van der Waals surface area contributed by atoms with E-state index in [-0.39, 0.29) is 17.3 Å². The number of nitrogens with one attached hydrogen (secondary N) is 1. The molecule has 0 aromatic heterocycles. The second kappa shape index (κ2) is 5.45. The molecule has 2 aromatic carbocycles. The summed E-state index contributed by atoms with van der Waals surface area (Å²) in [6.07, 6.45) is 2.10. The van der Waals surface area contributed by atoms with Crippen LogP contribution < -0.4 is 5.32 Å². The summed E-state index contributed by atoms with van der Waals surface area (Å²) in [4.78, 5) is 0. The molecule has 0 fully saturated rings. The van der Waals surface area contributed by atoms with Crippen molar-refractivity contribution in [1.82, 2.24) is 0 Å². The Hall–Kier alpha value is -1.35. The van der Waals surface area contributed by atoms with E-state index in [1.54, 1.807) is 12.1 Å². The van der Waals surface area contributed by atoms with E-state index in [1.165, 1.54) is 17.2 Å². The van der Waals surface area contributed by atoms with Crippen molar-refractivity contribution in [2.75, 3.05) is 5.32 Å². The molecule has 0 amide bonds. The van der Waals surface area contributed by atoms with Crippen LogP contribution in [-0.4, -0.2) is 0 Å². The molecule has 0 spiro atoms. The Kier molecular flexibility index (Phi) is 3.78. The van der Waals surface area contributed by atoms with Crippen molar-refractivity contribution in [3.05, 3.63) is 63.9 Å². The van der Waals surface area contributed by atoms with Crippen LogP contribution in [0.3, 0.4) is 0 Å². The van der Waals surface area contributed by atoms with Crippen LogP contribution in [0.2, 0.25) is 0 Å². The molecule has 0 bridgehead atoms. The largest absolute Gasteiger partial charge is 0.376 e. The van der Waals surface area contributed by atoms with Crippen LogP contribution in [0.5, 0.6) is 0 Å². The van der Waals surface area contributed by atoms with Crippen LogP contribution in [0.4, 0.5) is 10.1 Å². The molecule has 21 heavy (non-hydrogen) atoms. The van der Waals surface area contributed by atoms with E-state index in [0.717, 1.165) is 17.3 Å². The number of halogens is 2. The van der Waals surface area contributed by atoms with E-state index in [1.807, 2.05) is 0 Å². The molecule has 110 valence electrons. The summed E-state index contributed by atoms with van der Waals surface area (Å²) in [5.74, 6) is -0.208. The van der Waals surface area contributed by atoms with Gasteiger partial charge in [-0.1, -0.05) is 54.0 Å². The quantitative estimate of drug-likeness (QED) is 0.722. The van der Waals surface area contributed by atoms with Gasteiger partial charge in [-0.05, 0) is 47.6 Å². The van der Waals surface area contributed by atoms with Gasteiger partial charge in [0.1, 0.15) is 5.82 Å². The predicted octanol–water partition coefficient (Wildman–Crippen LogP) is 5.81. The van der Waals surface area contributed by atoms with Crippen LogP contribution in [0, 0.1) is 5.82 Å². The highest BCUT2D eigenvalue weighted by atomic mass is 79.9. The van der Waals surface area contributed by atoms with Crippen LogP contribution in [0.1, 0.15) is 43.9 Å². The van der Waals surface area contributed by atoms with Crippen molar-refractivity contribution < 1.29 is 4.39 Å². The van der Waals surface area contributed by atoms with Crippen molar-refractivity contribution in [3.8, 4) is 0 Å². The summed E-state index contributed by atoms with van der Waals surface area (Å²) < 4.78 is 14.9. The average molecular weight is 348 g/mol. The minimum atomic E-state index is -0.208. The standard InChI is InChI=1S/C18H19BrFN/c1-18(2)10-9-16(13-5-3-4-6-14(13)18)21-17-11-12(19)7-8-15(17)20/h3-8,11,16,21H,9-10H2,1-2H3. The number of benzene rings is 2.